The van der Waals surface area contributed by atoms with E-state index < -0.39 is 23.6 Å². The van der Waals surface area contributed by atoms with Crippen LogP contribution in [0.15, 0.2) is 116 Å². The Balaban J connectivity index is 1.24. The highest BCUT2D eigenvalue weighted by Gasteiger charge is 2.51. The number of rotatable bonds is 11. The first-order chi connectivity index (χ1) is 21.5. The van der Waals surface area contributed by atoms with Crippen LogP contribution in [0.5, 0.6) is 5.75 Å². The number of carbonyl (C=O) groups is 2. The molecule has 1 aliphatic rings. The first-order valence-electron chi connectivity index (χ1n) is 14.2. The molecule has 3 aromatic carbocycles. The summed E-state index contributed by atoms with van der Waals surface area (Å²) in [5.41, 5.74) is 9.60. The number of amides is 2. The predicted octanol–water partition coefficient (Wildman–Crippen LogP) is 4.08. The van der Waals surface area contributed by atoms with Crippen molar-refractivity contribution in [3.8, 4) is 22.8 Å². The SMILES string of the molecule is NC(=O)C1(C(Cc2ccc(OCc3ccccc3)cc2)NC(=O)c2cccnc2-n2ccc(-c3ccccc3)n2)OCCO1. The minimum absolute atomic E-state index is 0.162. The first-order valence-corrected chi connectivity index (χ1v) is 14.2. The van der Waals surface area contributed by atoms with Gasteiger partial charge in [0.25, 0.3) is 17.6 Å². The summed E-state index contributed by atoms with van der Waals surface area (Å²) < 4.78 is 19.0. The molecule has 44 heavy (non-hydrogen) atoms. The number of nitrogens with two attached hydrogens (primary N) is 1. The molecule has 3 heterocycles. The molecule has 6 rings (SSSR count). The number of aromatic nitrogens is 3. The van der Waals surface area contributed by atoms with E-state index in [2.05, 4.69) is 15.4 Å². The molecular formula is C34H31N5O5. The lowest BCUT2D eigenvalue weighted by atomic mass is 9.97. The Kier molecular flexibility index (Phi) is 8.44. The fraction of sp³-hybridized carbons (Fsp3) is 0.176. The summed E-state index contributed by atoms with van der Waals surface area (Å²) in [6.45, 7) is 0.756. The molecule has 0 spiro atoms. The van der Waals surface area contributed by atoms with Crippen LogP contribution in [0.2, 0.25) is 0 Å². The van der Waals surface area contributed by atoms with Crippen molar-refractivity contribution in [2.45, 2.75) is 24.9 Å². The summed E-state index contributed by atoms with van der Waals surface area (Å²) in [4.78, 5) is 31.0. The zero-order valence-electron chi connectivity index (χ0n) is 23.8. The van der Waals surface area contributed by atoms with Gasteiger partial charge in [0.2, 0.25) is 0 Å². The summed E-state index contributed by atoms with van der Waals surface area (Å²) in [6, 6.07) is 31.2. The molecule has 0 saturated carbocycles. The van der Waals surface area contributed by atoms with E-state index in [1.54, 1.807) is 29.2 Å². The van der Waals surface area contributed by atoms with Crippen LogP contribution in [0, 0.1) is 0 Å². The highest BCUT2D eigenvalue weighted by atomic mass is 16.7. The monoisotopic (exact) mass is 589 g/mol. The molecule has 0 bridgehead atoms. The zero-order valence-corrected chi connectivity index (χ0v) is 23.8. The third-order valence-electron chi connectivity index (χ3n) is 7.34. The average molecular weight is 590 g/mol. The van der Waals surface area contributed by atoms with Gasteiger partial charge in [0.1, 0.15) is 12.4 Å². The van der Waals surface area contributed by atoms with Crippen molar-refractivity contribution in [1.29, 1.82) is 0 Å². The van der Waals surface area contributed by atoms with Gasteiger partial charge in [-0.25, -0.2) is 9.67 Å². The van der Waals surface area contributed by atoms with Crippen LogP contribution < -0.4 is 15.8 Å². The quantitative estimate of drug-likeness (QED) is 0.237. The van der Waals surface area contributed by atoms with Crippen LogP contribution in [-0.4, -0.2) is 51.6 Å². The fourth-order valence-corrected chi connectivity index (χ4v) is 5.12. The molecule has 3 N–H and O–H groups in total. The molecule has 1 atom stereocenters. The lowest BCUT2D eigenvalue weighted by Crippen LogP contribution is -2.61. The number of primary amides is 1. The standard InChI is InChI=1S/C34H31N5O5/c35-33(41)34(43-20-21-44-34)30(22-24-13-15-27(16-14-24)42-23-25-8-3-1-4-9-25)37-32(40)28-12-7-18-36-31(28)39-19-17-29(38-39)26-10-5-2-6-11-26/h1-19,30H,20-23H2,(H2,35,41)(H,37,40). The summed E-state index contributed by atoms with van der Waals surface area (Å²) in [5, 5.41) is 7.60. The van der Waals surface area contributed by atoms with Gasteiger partial charge in [-0.2, -0.15) is 5.10 Å². The highest BCUT2D eigenvalue weighted by Crippen LogP contribution is 2.28. The largest absolute Gasteiger partial charge is 0.489 e. The Morgan fingerprint density at radius 3 is 2.30 bits per heavy atom. The van der Waals surface area contributed by atoms with Crippen molar-refractivity contribution in [3.63, 3.8) is 0 Å². The maximum absolute atomic E-state index is 13.8. The van der Waals surface area contributed by atoms with Gasteiger partial charge >= 0.3 is 0 Å². The molecule has 2 aromatic heterocycles. The van der Waals surface area contributed by atoms with E-state index in [9.17, 15) is 9.59 Å². The number of ether oxygens (including phenoxy) is 3. The minimum atomic E-state index is -1.84. The third kappa shape index (κ3) is 6.22. The van der Waals surface area contributed by atoms with Crippen LogP contribution in [0.1, 0.15) is 21.5 Å². The van der Waals surface area contributed by atoms with Gasteiger partial charge in [-0.3, -0.25) is 9.59 Å². The topological polar surface area (TPSA) is 131 Å². The van der Waals surface area contributed by atoms with Crippen molar-refractivity contribution in [1.82, 2.24) is 20.1 Å². The van der Waals surface area contributed by atoms with Gasteiger partial charge in [0.05, 0.1) is 30.5 Å². The lowest BCUT2D eigenvalue weighted by molar-refractivity contribution is -0.189. The number of carbonyl (C=O) groups excluding carboxylic acids is 2. The molecule has 0 radical (unpaired) electrons. The Hall–Kier alpha value is -5.32. The molecule has 1 saturated heterocycles. The number of nitrogens with zero attached hydrogens (tertiary/aromatic N) is 3. The van der Waals surface area contributed by atoms with Gasteiger partial charge in [0, 0.05) is 18.0 Å². The van der Waals surface area contributed by atoms with Gasteiger partial charge < -0.3 is 25.3 Å². The van der Waals surface area contributed by atoms with Crippen LogP contribution >= 0.6 is 0 Å². The van der Waals surface area contributed by atoms with Crippen molar-refractivity contribution < 1.29 is 23.8 Å². The summed E-state index contributed by atoms with van der Waals surface area (Å²) in [5.74, 6) is -2.14. The van der Waals surface area contributed by atoms with Crippen LogP contribution in [0.3, 0.4) is 0 Å². The van der Waals surface area contributed by atoms with Crippen molar-refractivity contribution in [2.75, 3.05) is 13.2 Å². The van der Waals surface area contributed by atoms with Crippen molar-refractivity contribution in [2.24, 2.45) is 5.73 Å². The van der Waals surface area contributed by atoms with Crippen LogP contribution in [-0.2, 0) is 27.3 Å². The van der Waals surface area contributed by atoms with E-state index in [4.69, 9.17) is 19.9 Å². The van der Waals surface area contributed by atoms with E-state index >= 15 is 0 Å². The molecule has 1 unspecified atom stereocenters. The maximum Gasteiger partial charge on any atom is 0.280 e. The number of benzene rings is 3. The maximum atomic E-state index is 13.8. The smallest absolute Gasteiger partial charge is 0.280 e. The Morgan fingerprint density at radius 2 is 1.59 bits per heavy atom. The van der Waals surface area contributed by atoms with Crippen molar-refractivity contribution in [3.05, 3.63) is 132 Å². The number of hydrogen-bond acceptors (Lipinski definition) is 7. The third-order valence-corrected chi connectivity index (χ3v) is 7.34. The van der Waals surface area contributed by atoms with E-state index in [1.807, 2.05) is 91.0 Å². The van der Waals surface area contributed by atoms with Crippen LogP contribution in [0.4, 0.5) is 0 Å². The molecule has 10 nitrogen and oxygen atoms in total. The van der Waals surface area contributed by atoms with Crippen molar-refractivity contribution >= 4 is 11.8 Å². The second-order valence-electron chi connectivity index (χ2n) is 10.3. The van der Waals surface area contributed by atoms with E-state index in [-0.39, 0.29) is 25.2 Å². The number of pyridine rings is 1. The number of nitrogens with one attached hydrogen (secondary N) is 1. The van der Waals surface area contributed by atoms with Crippen LogP contribution in [0.25, 0.3) is 17.1 Å². The molecule has 5 aromatic rings. The summed E-state index contributed by atoms with van der Waals surface area (Å²) in [6.07, 6.45) is 3.53. The average Bonchev–Trinajstić information content (AvgIpc) is 3.77. The Morgan fingerprint density at radius 1 is 0.886 bits per heavy atom. The van der Waals surface area contributed by atoms with E-state index in [0.717, 1.165) is 22.4 Å². The first kappa shape index (κ1) is 28.8. The van der Waals surface area contributed by atoms with Gasteiger partial charge in [-0.1, -0.05) is 72.8 Å². The normalized spacial score (nSPS) is 14.5. The predicted molar refractivity (Wildman–Crippen MR) is 163 cm³/mol. The molecule has 1 aliphatic heterocycles. The van der Waals surface area contributed by atoms with Gasteiger partial charge in [-0.05, 0) is 47.9 Å². The Bertz CT molecular complexity index is 1720. The zero-order chi connectivity index (χ0) is 30.4. The summed E-state index contributed by atoms with van der Waals surface area (Å²) >= 11 is 0. The second-order valence-corrected chi connectivity index (χ2v) is 10.3. The molecular weight excluding hydrogens is 558 g/mol. The van der Waals surface area contributed by atoms with E-state index in [1.165, 1.54) is 0 Å². The highest BCUT2D eigenvalue weighted by molar-refractivity contribution is 5.98. The molecule has 2 amide bonds. The molecule has 222 valence electrons. The molecule has 10 heteroatoms. The Labute approximate surface area is 254 Å². The van der Waals surface area contributed by atoms with Gasteiger partial charge in [-0.15, -0.1) is 0 Å². The molecule has 0 aliphatic carbocycles. The summed E-state index contributed by atoms with van der Waals surface area (Å²) in [7, 11) is 0. The van der Waals surface area contributed by atoms with E-state index in [0.29, 0.717) is 18.2 Å². The lowest BCUT2D eigenvalue weighted by Gasteiger charge is -2.33. The minimum Gasteiger partial charge on any atom is -0.489 e. The fourth-order valence-electron chi connectivity index (χ4n) is 5.12. The van der Waals surface area contributed by atoms with Gasteiger partial charge in [0.15, 0.2) is 5.82 Å². The second kappa shape index (κ2) is 12.9. The molecule has 1 fully saturated rings. The number of hydrogen-bond donors (Lipinski definition) is 2.